The van der Waals surface area contributed by atoms with Crippen LogP contribution in [0.25, 0.3) is 11.2 Å². The number of nitrogen functional groups attached to an aromatic ring is 1. The number of rotatable bonds is 2. The van der Waals surface area contributed by atoms with E-state index in [-0.39, 0.29) is 11.9 Å². The van der Waals surface area contributed by atoms with E-state index in [1.54, 1.807) is 17.6 Å². The second-order valence-corrected chi connectivity index (χ2v) is 6.43. The Bertz CT molecular complexity index is 857. The van der Waals surface area contributed by atoms with Gasteiger partial charge >= 0.3 is 0 Å². The van der Waals surface area contributed by atoms with Gasteiger partial charge in [0.2, 0.25) is 5.91 Å². The Balaban J connectivity index is 1.80. The smallest absolute Gasteiger partial charge is 0.220 e. The Morgan fingerprint density at radius 1 is 1.44 bits per heavy atom. The molecule has 2 aliphatic heterocycles. The minimum atomic E-state index is -0.125. The maximum absolute atomic E-state index is 12.0. The number of nitrogens with two attached hydrogens (primary N) is 1. The number of aromatic nitrogens is 3. The molecule has 132 valence electrons. The van der Waals surface area contributed by atoms with Gasteiger partial charge in [-0.25, -0.2) is 10.4 Å². The summed E-state index contributed by atoms with van der Waals surface area (Å²) < 4.78 is 1.65. The van der Waals surface area contributed by atoms with Crippen LogP contribution in [-0.2, 0) is 4.79 Å². The highest BCUT2D eigenvalue weighted by Gasteiger charge is 2.28. The molecular weight excluding hydrogens is 320 g/mol. The second kappa shape index (κ2) is 6.01. The number of hydrazine groups is 1. The Kier molecular flexibility index (Phi) is 3.81. The van der Waals surface area contributed by atoms with Crippen molar-refractivity contribution in [3.05, 3.63) is 29.7 Å². The molecule has 0 spiro atoms. The zero-order chi connectivity index (χ0) is 17.6. The number of carbonyl (C=O) groups is 1. The highest BCUT2D eigenvalue weighted by Crippen LogP contribution is 2.27. The van der Waals surface area contributed by atoms with Gasteiger partial charge < -0.3 is 21.0 Å². The molecule has 1 fully saturated rings. The minimum absolute atomic E-state index is 0.0461. The molecule has 0 saturated carbocycles. The molecule has 4 heterocycles. The average Bonchev–Trinajstić information content (AvgIpc) is 3.21. The summed E-state index contributed by atoms with van der Waals surface area (Å²) in [7, 11) is 1.95. The summed E-state index contributed by atoms with van der Waals surface area (Å²) in [6.07, 6.45) is 3.81. The molecule has 0 radical (unpaired) electrons. The fourth-order valence-electron chi connectivity index (χ4n) is 3.45. The number of nitrogens with zero attached hydrogens (tertiary/aromatic N) is 5. The third-order valence-corrected chi connectivity index (χ3v) is 4.72. The zero-order valence-electron chi connectivity index (χ0n) is 14.4. The quantitative estimate of drug-likeness (QED) is 0.682. The van der Waals surface area contributed by atoms with Gasteiger partial charge in [0.1, 0.15) is 5.82 Å². The van der Waals surface area contributed by atoms with Crippen molar-refractivity contribution < 1.29 is 4.79 Å². The average molecular weight is 342 g/mol. The topological polar surface area (TPSA) is 104 Å². The van der Waals surface area contributed by atoms with Crippen LogP contribution in [0, 0.1) is 0 Å². The first-order valence-electron chi connectivity index (χ1n) is 8.34. The van der Waals surface area contributed by atoms with Gasteiger partial charge in [-0.05, 0) is 5.57 Å². The highest BCUT2D eigenvalue weighted by molar-refractivity contribution is 5.78. The number of anilines is 1. The zero-order valence-corrected chi connectivity index (χ0v) is 14.4. The van der Waals surface area contributed by atoms with Gasteiger partial charge in [-0.1, -0.05) is 0 Å². The van der Waals surface area contributed by atoms with Crippen molar-refractivity contribution in [2.75, 3.05) is 39.0 Å². The normalized spacial score (nSPS) is 21.0. The first-order chi connectivity index (χ1) is 12.0. The summed E-state index contributed by atoms with van der Waals surface area (Å²) in [5.41, 5.74) is 13.0. The minimum Gasteiger partial charge on any atom is -0.384 e. The van der Waals surface area contributed by atoms with E-state index in [1.807, 2.05) is 29.2 Å². The van der Waals surface area contributed by atoms with Crippen LogP contribution >= 0.6 is 0 Å². The van der Waals surface area contributed by atoms with E-state index in [4.69, 9.17) is 10.7 Å². The third-order valence-electron chi connectivity index (χ3n) is 4.72. The number of nitrogens with one attached hydrogen (secondary N) is 2. The fraction of sp³-hybridized carbons (Fsp3) is 0.438. The van der Waals surface area contributed by atoms with Crippen LogP contribution < -0.4 is 16.5 Å². The van der Waals surface area contributed by atoms with E-state index in [0.29, 0.717) is 31.1 Å². The Morgan fingerprint density at radius 2 is 2.28 bits per heavy atom. The van der Waals surface area contributed by atoms with Gasteiger partial charge in [-0.2, -0.15) is 9.61 Å². The molecule has 9 heteroatoms. The van der Waals surface area contributed by atoms with Crippen LogP contribution in [0.1, 0.15) is 24.2 Å². The molecule has 25 heavy (non-hydrogen) atoms. The van der Waals surface area contributed by atoms with Gasteiger partial charge in [0.15, 0.2) is 5.65 Å². The maximum Gasteiger partial charge on any atom is 0.220 e. The molecular formula is C16H22N8O. The number of hydrogen-bond donors (Lipinski definition) is 3. The van der Waals surface area contributed by atoms with Crippen molar-refractivity contribution in [1.29, 1.82) is 0 Å². The molecule has 4 rings (SSSR count). The van der Waals surface area contributed by atoms with E-state index >= 15 is 0 Å². The van der Waals surface area contributed by atoms with E-state index in [1.165, 1.54) is 0 Å². The predicted molar refractivity (Wildman–Crippen MR) is 94.1 cm³/mol. The van der Waals surface area contributed by atoms with Crippen LogP contribution in [0.2, 0.25) is 0 Å². The molecule has 0 bridgehead atoms. The predicted octanol–water partition coefficient (Wildman–Crippen LogP) is -0.405. The third kappa shape index (κ3) is 2.71. The lowest BCUT2D eigenvalue weighted by atomic mass is 10.1. The summed E-state index contributed by atoms with van der Waals surface area (Å²) >= 11 is 0. The number of hydrogen-bond acceptors (Lipinski definition) is 7. The molecule has 1 saturated heterocycles. The van der Waals surface area contributed by atoms with Crippen molar-refractivity contribution >= 4 is 22.9 Å². The monoisotopic (exact) mass is 342 g/mol. The summed E-state index contributed by atoms with van der Waals surface area (Å²) in [6.45, 7) is 4.43. The maximum atomic E-state index is 12.0. The van der Waals surface area contributed by atoms with Crippen LogP contribution in [0.15, 0.2) is 18.5 Å². The molecule has 4 N–H and O–H groups in total. The molecule has 2 aromatic rings. The standard InChI is InChI=1S/C16H22N8O/c1-10(25)23-4-3-18-8-14(23)13-5-15(17)24-16(21-13)12(7-20-24)11-6-19-22(2)9-11/h5,7,9,14,18-19H,3-4,6,8,17H2,1-2H3. The van der Waals surface area contributed by atoms with Crippen molar-refractivity contribution in [3.8, 4) is 0 Å². The lowest BCUT2D eigenvalue weighted by Gasteiger charge is -2.35. The summed E-state index contributed by atoms with van der Waals surface area (Å²) in [6, 6.07) is 1.68. The largest absolute Gasteiger partial charge is 0.384 e. The van der Waals surface area contributed by atoms with Crippen molar-refractivity contribution in [1.82, 2.24) is 35.2 Å². The molecule has 2 aliphatic rings. The second-order valence-electron chi connectivity index (χ2n) is 6.43. The first-order valence-corrected chi connectivity index (χ1v) is 8.34. The van der Waals surface area contributed by atoms with Crippen molar-refractivity contribution in [2.45, 2.75) is 13.0 Å². The summed E-state index contributed by atoms with van der Waals surface area (Å²) in [5, 5.41) is 9.62. The van der Waals surface area contributed by atoms with Gasteiger partial charge in [0, 0.05) is 58.0 Å². The summed E-state index contributed by atoms with van der Waals surface area (Å²) in [4.78, 5) is 18.7. The van der Waals surface area contributed by atoms with Gasteiger partial charge in [-0.15, -0.1) is 0 Å². The van der Waals surface area contributed by atoms with E-state index < -0.39 is 0 Å². The lowest BCUT2D eigenvalue weighted by Crippen LogP contribution is -2.48. The van der Waals surface area contributed by atoms with E-state index in [9.17, 15) is 4.79 Å². The summed E-state index contributed by atoms with van der Waals surface area (Å²) in [5.74, 6) is 0.560. The number of amides is 1. The number of carbonyl (C=O) groups excluding carboxylic acids is 1. The Hall–Kier alpha value is -2.65. The highest BCUT2D eigenvalue weighted by atomic mass is 16.2. The van der Waals surface area contributed by atoms with E-state index in [0.717, 1.165) is 23.4 Å². The molecule has 0 aliphatic carbocycles. The molecule has 1 atom stereocenters. The number of piperazine rings is 1. The molecule has 2 aromatic heterocycles. The van der Waals surface area contributed by atoms with Crippen LogP contribution in [0.4, 0.5) is 5.82 Å². The van der Waals surface area contributed by atoms with Crippen LogP contribution in [0.3, 0.4) is 0 Å². The lowest BCUT2D eigenvalue weighted by molar-refractivity contribution is -0.132. The Morgan fingerprint density at radius 3 is 3.00 bits per heavy atom. The first kappa shape index (κ1) is 15.9. The molecule has 0 aromatic carbocycles. The van der Waals surface area contributed by atoms with Crippen LogP contribution in [-0.4, -0.2) is 63.6 Å². The molecule has 9 nitrogen and oxygen atoms in total. The SMILES string of the molecule is CC(=O)N1CCNCC1c1cc(N)n2ncc(C3=CN(C)NC3)c2n1. The van der Waals surface area contributed by atoms with Gasteiger partial charge in [0.05, 0.1) is 17.9 Å². The van der Waals surface area contributed by atoms with Gasteiger partial charge in [-0.3, -0.25) is 4.79 Å². The van der Waals surface area contributed by atoms with Crippen molar-refractivity contribution in [2.24, 2.45) is 0 Å². The fourth-order valence-corrected chi connectivity index (χ4v) is 3.45. The van der Waals surface area contributed by atoms with E-state index in [2.05, 4.69) is 15.8 Å². The Labute approximate surface area is 145 Å². The molecule has 1 unspecified atom stereocenters. The number of fused-ring (bicyclic) bond motifs is 1. The van der Waals surface area contributed by atoms with Gasteiger partial charge in [0.25, 0.3) is 0 Å². The molecule has 1 amide bonds. The van der Waals surface area contributed by atoms with Crippen LogP contribution in [0.5, 0.6) is 0 Å². The van der Waals surface area contributed by atoms with Crippen molar-refractivity contribution in [3.63, 3.8) is 0 Å².